The van der Waals surface area contributed by atoms with E-state index in [1.807, 2.05) is 11.3 Å². The highest BCUT2D eigenvalue weighted by Crippen LogP contribution is 2.34. The average Bonchev–Trinajstić information content (AvgIpc) is 2.97. The Balaban J connectivity index is 0.00000208. The van der Waals surface area contributed by atoms with Gasteiger partial charge in [-0.05, 0) is 52.7 Å². The first-order valence-corrected chi connectivity index (χ1v) is 9.40. The lowest BCUT2D eigenvalue weighted by molar-refractivity contribution is 0.198. The summed E-state index contributed by atoms with van der Waals surface area (Å²) < 4.78 is 0. The lowest BCUT2D eigenvalue weighted by Crippen LogP contribution is -2.35. The summed E-state index contributed by atoms with van der Waals surface area (Å²) in [7, 11) is 2.26. The van der Waals surface area contributed by atoms with Gasteiger partial charge in [-0.2, -0.15) is 0 Å². The molecule has 0 bridgehead atoms. The molecule has 1 aromatic carbocycles. The fourth-order valence-electron chi connectivity index (χ4n) is 3.33. The molecule has 1 saturated heterocycles. The van der Waals surface area contributed by atoms with Crippen molar-refractivity contribution in [2.75, 3.05) is 26.7 Å². The molecule has 1 aliphatic rings. The number of hydrogen-bond donors (Lipinski definition) is 1. The molecule has 5 heteroatoms. The van der Waals surface area contributed by atoms with Crippen molar-refractivity contribution in [1.29, 1.82) is 0 Å². The van der Waals surface area contributed by atoms with E-state index in [-0.39, 0.29) is 12.4 Å². The van der Waals surface area contributed by atoms with E-state index in [0.29, 0.717) is 6.04 Å². The van der Waals surface area contributed by atoms with Crippen molar-refractivity contribution in [2.24, 2.45) is 5.92 Å². The summed E-state index contributed by atoms with van der Waals surface area (Å²) in [5.74, 6) is 0.825. The Kier molecular flexibility index (Phi) is 7.23. The minimum absolute atomic E-state index is 0. The fraction of sp³-hybridized carbons (Fsp3) is 0.526. The zero-order valence-corrected chi connectivity index (χ0v) is 16.4. The van der Waals surface area contributed by atoms with Gasteiger partial charge in [-0.15, -0.1) is 23.7 Å². The molecule has 0 amide bonds. The fourth-order valence-corrected chi connectivity index (χ4v) is 4.52. The van der Waals surface area contributed by atoms with E-state index in [9.17, 15) is 0 Å². The molecule has 3 rings (SSSR count). The summed E-state index contributed by atoms with van der Waals surface area (Å²) in [6.07, 6.45) is 2.60. The molecule has 3 nitrogen and oxygen atoms in total. The molecule has 1 aliphatic heterocycles. The number of nitrogens with zero attached hydrogens (tertiary/aromatic N) is 2. The van der Waals surface area contributed by atoms with E-state index in [4.69, 9.17) is 4.98 Å². The summed E-state index contributed by atoms with van der Waals surface area (Å²) in [4.78, 5) is 8.72. The average molecular weight is 366 g/mol. The predicted molar refractivity (Wildman–Crippen MR) is 106 cm³/mol. The maximum atomic E-state index is 4.81. The molecule has 0 radical (unpaired) electrons. The van der Waals surface area contributed by atoms with Crippen molar-refractivity contribution in [1.82, 2.24) is 15.2 Å². The first kappa shape index (κ1) is 19.4. The molecule has 1 aromatic heterocycles. The van der Waals surface area contributed by atoms with E-state index in [0.717, 1.165) is 10.9 Å². The third-order valence-corrected chi connectivity index (χ3v) is 6.28. The van der Waals surface area contributed by atoms with Crippen LogP contribution in [-0.4, -0.2) is 36.6 Å². The van der Waals surface area contributed by atoms with Gasteiger partial charge >= 0.3 is 0 Å². The van der Waals surface area contributed by atoms with Gasteiger partial charge in [0.2, 0.25) is 0 Å². The molecule has 2 aromatic rings. The molecule has 0 spiro atoms. The second-order valence-electron chi connectivity index (χ2n) is 6.64. The molecular formula is C19H28ClN3S. The van der Waals surface area contributed by atoms with Gasteiger partial charge in [-0.1, -0.05) is 30.3 Å². The molecule has 0 aliphatic carbocycles. The van der Waals surface area contributed by atoms with Crippen molar-refractivity contribution >= 4 is 23.7 Å². The minimum Gasteiger partial charge on any atom is -0.317 e. The van der Waals surface area contributed by atoms with Crippen molar-refractivity contribution in [3.63, 3.8) is 0 Å². The van der Waals surface area contributed by atoms with Crippen LogP contribution in [0.15, 0.2) is 30.3 Å². The van der Waals surface area contributed by atoms with E-state index in [1.165, 1.54) is 48.6 Å². The zero-order chi connectivity index (χ0) is 16.2. The topological polar surface area (TPSA) is 28.2 Å². The Labute approximate surface area is 155 Å². The summed E-state index contributed by atoms with van der Waals surface area (Å²) >= 11 is 1.85. The Morgan fingerprint density at radius 1 is 1.25 bits per heavy atom. The maximum absolute atomic E-state index is 4.81. The second kappa shape index (κ2) is 8.95. The predicted octanol–water partition coefficient (Wildman–Crippen LogP) is 4.53. The molecule has 132 valence electrons. The number of aryl methyl sites for hydroxylation is 1. The van der Waals surface area contributed by atoms with Crippen molar-refractivity contribution < 1.29 is 0 Å². The number of benzene rings is 1. The van der Waals surface area contributed by atoms with E-state index >= 15 is 0 Å². The number of rotatable bonds is 5. The molecule has 24 heavy (non-hydrogen) atoms. The van der Waals surface area contributed by atoms with Crippen molar-refractivity contribution in [3.8, 4) is 10.6 Å². The summed E-state index contributed by atoms with van der Waals surface area (Å²) in [6.45, 7) is 7.99. The molecule has 1 atom stereocenters. The normalized spacial score (nSPS) is 16.8. The number of thiazole rings is 1. The number of halogens is 1. The van der Waals surface area contributed by atoms with Crippen LogP contribution in [0, 0.1) is 12.8 Å². The first-order valence-electron chi connectivity index (χ1n) is 8.59. The Morgan fingerprint density at radius 2 is 1.92 bits per heavy atom. The highest BCUT2D eigenvalue weighted by atomic mass is 35.5. The summed E-state index contributed by atoms with van der Waals surface area (Å²) in [5.41, 5.74) is 2.40. The van der Waals surface area contributed by atoms with E-state index < -0.39 is 0 Å². The lowest BCUT2D eigenvalue weighted by Gasteiger charge is -2.31. The third kappa shape index (κ3) is 4.57. The molecule has 1 fully saturated rings. The highest BCUT2D eigenvalue weighted by molar-refractivity contribution is 7.15. The van der Waals surface area contributed by atoms with E-state index in [2.05, 4.69) is 61.4 Å². The molecule has 1 unspecified atom stereocenters. The largest absolute Gasteiger partial charge is 0.317 e. The van der Waals surface area contributed by atoms with Crippen LogP contribution < -0.4 is 5.32 Å². The first-order chi connectivity index (χ1) is 11.1. The minimum atomic E-state index is 0. The van der Waals surface area contributed by atoms with Gasteiger partial charge in [0.05, 0.1) is 5.69 Å². The van der Waals surface area contributed by atoms with Gasteiger partial charge < -0.3 is 5.32 Å². The van der Waals surface area contributed by atoms with Crippen LogP contribution in [0.4, 0.5) is 0 Å². The van der Waals surface area contributed by atoms with Crippen LogP contribution in [-0.2, 0) is 0 Å². The van der Waals surface area contributed by atoms with Crippen LogP contribution in [0.2, 0.25) is 0 Å². The van der Waals surface area contributed by atoms with Crippen LogP contribution >= 0.6 is 23.7 Å². The Bertz CT molecular complexity index is 623. The number of hydrogen-bond acceptors (Lipinski definition) is 4. The molecule has 0 saturated carbocycles. The van der Waals surface area contributed by atoms with Gasteiger partial charge in [0.1, 0.15) is 5.01 Å². The lowest BCUT2D eigenvalue weighted by atomic mass is 9.97. The quantitative estimate of drug-likeness (QED) is 0.843. The summed E-state index contributed by atoms with van der Waals surface area (Å²) in [6, 6.07) is 10.9. The second-order valence-corrected chi connectivity index (χ2v) is 7.67. The summed E-state index contributed by atoms with van der Waals surface area (Å²) in [5, 5.41) is 4.59. The van der Waals surface area contributed by atoms with Crippen LogP contribution in [0.25, 0.3) is 10.6 Å². The van der Waals surface area contributed by atoms with Gasteiger partial charge in [0.25, 0.3) is 0 Å². The Hall–Kier alpha value is -0.940. The van der Waals surface area contributed by atoms with Gasteiger partial charge in [-0.3, -0.25) is 4.90 Å². The number of piperidine rings is 1. The van der Waals surface area contributed by atoms with Gasteiger partial charge in [0.15, 0.2) is 0 Å². The van der Waals surface area contributed by atoms with E-state index in [1.54, 1.807) is 0 Å². The van der Waals surface area contributed by atoms with Gasteiger partial charge in [0, 0.05) is 23.0 Å². The number of aromatic nitrogens is 1. The maximum Gasteiger partial charge on any atom is 0.123 e. The standard InChI is InChI=1S/C19H27N3S.ClH/c1-14-18(23-19(21-14)17-7-5-4-6-8-17)15(2)22(3)13-16-9-11-20-12-10-16;/h4-8,15-16,20H,9-13H2,1-3H3;1H. The Morgan fingerprint density at radius 3 is 2.58 bits per heavy atom. The van der Waals surface area contributed by atoms with Crippen molar-refractivity contribution in [3.05, 3.63) is 40.9 Å². The smallest absolute Gasteiger partial charge is 0.123 e. The zero-order valence-electron chi connectivity index (χ0n) is 14.8. The molecule has 2 heterocycles. The monoisotopic (exact) mass is 365 g/mol. The molecular weight excluding hydrogens is 338 g/mol. The molecule has 1 N–H and O–H groups in total. The van der Waals surface area contributed by atoms with Crippen molar-refractivity contribution in [2.45, 2.75) is 32.7 Å². The van der Waals surface area contributed by atoms with Crippen LogP contribution in [0.3, 0.4) is 0 Å². The van der Waals surface area contributed by atoms with Crippen LogP contribution in [0.5, 0.6) is 0 Å². The SMILES string of the molecule is Cc1nc(-c2ccccc2)sc1C(C)N(C)CC1CCNCC1.Cl. The van der Waals surface area contributed by atoms with Crippen LogP contribution in [0.1, 0.15) is 36.4 Å². The highest BCUT2D eigenvalue weighted by Gasteiger charge is 2.22. The van der Waals surface area contributed by atoms with Gasteiger partial charge in [-0.25, -0.2) is 4.98 Å². The number of nitrogens with one attached hydrogen (secondary N) is 1. The third-order valence-electron chi connectivity index (χ3n) is 4.90.